The number of hydrogen-bond acceptors (Lipinski definition) is 4. The molecule has 1 fully saturated rings. The zero-order valence-corrected chi connectivity index (χ0v) is 9.88. The second-order valence-corrected chi connectivity index (χ2v) is 4.38. The Bertz CT molecular complexity index is 160. The van der Waals surface area contributed by atoms with Crippen molar-refractivity contribution in [2.75, 3.05) is 33.6 Å². The molecule has 14 heavy (non-hydrogen) atoms. The van der Waals surface area contributed by atoms with Gasteiger partial charge >= 0.3 is 0 Å². The van der Waals surface area contributed by atoms with Crippen molar-refractivity contribution >= 4 is 0 Å². The van der Waals surface area contributed by atoms with E-state index in [9.17, 15) is 0 Å². The van der Waals surface area contributed by atoms with Crippen molar-refractivity contribution in [3.63, 3.8) is 0 Å². The van der Waals surface area contributed by atoms with Crippen LogP contribution in [0.5, 0.6) is 0 Å². The van der Waals surface area contributed by atoms with E-state index in [-0.39, 0.29) is 0 Å². The Morgan fingerprint density at radius 2 is 2.14 bits per heavy atom. The van der Waals surface area contributed by atoms with Gasteiger partial charge in [-0.1, -0.05) is 20.8 Å². The van der Waals surface area contributed by atoms with E-state index >= 15 is 0 Å². The van der Waals surface area contributed by atoms with Crippen LogP contribution in [0.15, 0.2) is 0 Å². The molecule has 1 heterocycles. The van der Waals surface area contributed by atoms with E-state index < -0.39 is 0 Å². The Labute approximate surface area is 87.6 Å². The zero-order valence-electron chi connectivity index (χ0n) is 9.88. The Morgan fingerprint density at radius 3 is 2.71 bits per heavy atom. The molecule has 0 aromatic carbocycles. The summed E-state index contributed by atoms with van der Waals surface area (Å²) in [5, 5.41) is 6.89. The lowest BCUT2D eigenvalue weighted by atomic mass is 10.1. The van der Waals surface area contributed by atoms with Crippen LogP contribution in [0.25, 0.3) is 0 Å². The van der Waals surface area contributed by atoms with Gasteiger partial charge in [-0.25, -0.2) is 0 Å². The summed E-state index contributed by atoms with van der Waals surface area (Å²) in [4.78, 5) is 4.78. The van der Waals surface area contributed by atoms with Crippen LogP contribution in [0.3, 0.4) is 0 Å². The fourth-order valence-electron chi connectivity index (χ4n) is 1.95. The molecular formula is C10H24N4. The van der Waals surface area contributed by atoms with Gasteiger partial charge < -0.3 is 0 Å². The summed E-state index contributed by atoms with van der Waals surface area (Å²) in [6, 6.07) is 0. The van der Waals surface area contributed by atoms with E-state index in [0.29, 0.717) is 12.1 Å². The van der Waals surface area contributed by atoms with Gasteiger partial charge in [-0.05, 0) is 19.5 Å². The van der Waals surface area contributed by atoms with Crippen molar-refractivity contribution in [3.05, 3.63) is 0 Å². The first kappa shape index (κ1) is 11.9. The third-order valence-electron chi connectivity index (χ3n) is 2.67. The fraction of sp³-hybridized carbons (Fsp3) is 1.00. The van der Waals surface area contributed by atoms with Crippen LogP contribution in [-0.2, 0) is 0 Å². The maximum Gasteiger partial charge on any atom is 0.0641 e. The molecular weight excluding hydrogens is 176 g/mol. The Balaban J connectivity index is 2.59. The Hall–Kier alpha value is -0.160. The molecule has 0 aromatic rings. The van der Waals surface area contributed by atoms with Crippen molar-refractivity contribution < 1.29 is 0 Å². The second-order valence-electron chi connectivity index (χ2n) is 4.38. The van der Waals surface area contributed by atoms with Crippen LogP contribution in [0.2, 0.25) is 0 Å². The molecule has 4 nitrogen and oxygen atoms in total. The van der Waals surface area contributed by atoms with Gasteiger partial charge in [0.2, 0.25) is 0 Å². The van der Waals surface area contributed by atoms with Gasteiger partial charge in [0.1, 0.15) is 0 Å². The third kappa shape index (κ3) is 3.20. The predicted octanol–water partition coefficient (Wildman–Crippen LogP) is 0.288. The van der Waals surface area contributed by atoms with Gasteiger partial charge in [0.05, 0.1) is 12.8 Å². The van der Waals surface area contributed by atoms with E-state index in [2.05, 4.69) is 48.3 Å². The zero-order chi connectivity index (χ0) is 10.6. The average molecular weight is 200 g/mol. The van der Waals surface area contributed by atoms with Gasteiger partial charge in [-0.15, -0.1) is 0 Å². The van der Waals surface area contributed by atoms with Gasteiger partial charge in [0, 0.05) is 13.3 Å². The van der Waals surface area contributed by atoms with Gasteiger partial charge in [0.25, 0.3) is 0 Å². The fourth-order valence-corrected chi connectivity index (χ4v) is 1.95. The van der Waals surface area contributed by atoms with Gasteiger partial charge in [-0.2, -0.15) is 0 Å². The van der Waals surface area contributed by atoms with E-state index in [0.717, 1.165) is 26.6 Å². The first-order chi connectivity index (χ1) is 6.65. The normalized spacial score (nSPS) is 27.6. The van der Waals surface area contributed by atoms with Crippen LogP contribution < -0.4 is 10.6 Å². The predicted molar refractivity (Wildman–Crippen MR) is 59.6 cm³/mol. The van der Waals surface area contributed by atoms with Crippen molar-refractivity contribution in [2.24, 2.45) is 5.92 Å². The molecule has 1 aliphatic heterocycles. The molecule has 2 N–H and O–H groups in total. The molecule has 0 radical (unpaired) electrons. The molecule has 4 heteroatoms. The standard InChI is InChI=1S/C10H24N4/c1-5-14-8-13(4)7-11-6-12-10(14)9(2)3/h9-12H,5-8H2,1-4H3. The van der Waals surface area contributed by atoms with E-state index in [1.165, 1.54) is 0 Å². The lowest BCUT2D eigenvalue weighted by Gasteiger charge is -2.39. The molecule has 1 unspecified atom stereocenters. The highest BCUT2D eigenvalue weighted by molar-refractivity contribution is 4.73. The van der Waals surface area contributed by atoms with Gasteiger partial charge in [-0.3, -0.25) is 20.4 Å². The Morgan fingerprint density at radius 1 is 1.43 bits per heavy atom. The largest absolute Gasteiger partial charge is 0.292 e. The summed E-state index contributed by atoms with van der Waals surface area (Å²) in [5.41, 5.74) is 0. The monoisotopic (exact) mass is 200 g/mol. The summed E-state index contributed by atoms with van der Waals surface area (Å²) in [7, 11) is 2.15. The van der Waals surface area contributed by atoms with Crippen molar-refractivity contribution in [1.29, 1.82) is 0 Å². The van der Waals surface area contributed by atoms with Gasteiger partial charge in [0.15, 0.2) is 0 Å². The van der Waals surface area contributed by atoms with E-state index in [1.54, 1.807) is 0 Å². The average Bonchev–Trinajstić information content (AvgIpc) is 2.10. The molecule has 1 saturated heterocycles. The molecule has 0 spiro atoms. The third-order valence-corrected chi connectivity index (χ3v) is 2.67. The molecule has 1 aliphatic rings. The molecule has 1 atom stereocenters. The molecule has 1 rings (SSSR count). The minimum atomic E-state index is 0.482. The minimum Gasteiger partial charge on any atom is -0.292 e. The maximum absolute atomic E-state index is 3.53. The molecule has 0 aromatic heterocycles. The highest BCUT2D eigenvalue weighted by atomic mass is 15.4. The van der Waals surface area contributed by atoms with Crippen molar-refractivity contribution in [3.8, 4) is 0 Å². The van der Waals surface area contributed by atoms with Crippen LogP contribution in [-0.4, -0.2) is 49.6 Å². The van der Waals surface area contributed by atoms with Crippen LogP contribution >= 0.6 is 0 Å². The smallest absolute Gasteiger partial charge is 0.0641 e. The number of nitrogens with one attached hydrogen (secondary N) is 2. The summed E-state index contributed by atoms with van der Waals surface area (Å²) in [5.74, 6) is 0.642. The SMILES string of the molecule is CCN1CN(C)CNCNC1C(C)C. The summed E-state index contributed by atoms with van der Waals surface area (Å²) in [6.45, 7) is 10.7. The first-order valence-corrected chi connectivity index (χ1v) is 5.51. The summed E-state index contributed by atoms with van der Waals surface area (Å²) < 4.78 is 0. The second kappa shape index (κ2) is 5.66. The Kier molecular flexibility index (Phi) is 4.81. The molecule has 84 valence electrons. The quantitative estimate of drug-likeness (QED) is 0.671. The van der Waals surface area contributed by atoms with Crippen LogP contribution in [0.1, 0.15) is 20.8 Å². The molecule has 0 bridgehead atoms. The highest BCUT2D eigenvalue weighted by Gasteiger charge is 2.22. The first-order valence-electron chi connectivity index (χ1n) is 5.51. The van der Waals surface area contributed by atoms with Crippen LogP contribution in [0.4, 0.5) is 0 Å². The van der Waals surface area contributed by atoms with Crippen molar-refractivity contribution in [1.82, 2.24) is 20.4 Å². The van der Waals surface area contributed by atoms with E-state index in [4.69, 9.17) is 0 Å². The highest BCUT2D eigenvalue weighted by Crippen LogP contribution is 2.08. The van der Waals surface area contributed by atoms with E-state index in [1.807, 2.05) is 0 Å². The molecule has 0 aliphatic carbocycles. The van der Waals surface area contributed by atoms with Crippen LogP contribution in [0, 0.1) is 5.92 Å². The molecule has 0 saturated carbocycles. The molecule has 0 amide bonds. The van der Waals surface area contributed by atoms with Crippen molar-refractivity contribution in [2.45, 2.75) is 26.9 Å². The lowest BCUT2D eigenvalue weighted by Crippen LogP contribution is -2.58. The topological polar surface area (TPSA) is 30.5 Å². The number of hydrogen-bond donors (Lipinski definition) is 2. The summed E-state index contributed by atoms with van der Waals surface area (Å²) in [6.07, 6.45) is 0.482. The number of rotatable bonds is 2. The minimum absolute atomic E-state index is 0.482. The lowest BCUT2D eigenvalue weighted by molar-refractivity contribution is 0.0490. The maximum atomic E-state index is 3.53. The summed E-state index contributed by atoms with van der Waals surface area (Å²) >= 11 is 0. The number of nitrogens with zero attached hydrogens (tertiary/aromatic N) is 2.